The van der Waals surface area contributed by atoms with Gasteiger partial charge in [-0.15, -0.1) is 0 Å². The summed E-state index contributed by atoms with van der Waals surface area (Å²) in [7, 11) is 0. The summed E-state index contributed by atoms with van der Waals surface area (Å²) >= 11 is 0. The van der Waals surface area contributed by atoms with Crippen molar-refractivity contribution in [3.05, 3.63) is 35.4 Å². The van der Waals surface area contributed by atoms with Crippen LogP contribution >= 0.6 is 0 Å². The summed E-state index contributed by atoms with van der Waals surface area (Å²) in [5.74, 6) is -0.0444. The number of ether oxygens (including phenoxy) is 1. The van der Waals surface area contributed by atoms with Crippen molar-refractivity contribution in [2.24, 2.45) is 0 Å². The highest BCUT2D eigenvalue weighted by atomic mass is 16.5. The Morgan fingerprint density at radius 3 is 2.90 bits per heavy atom. The molecule has 0 saturated heterocycles. The van der Waals surface area contributed by atoms with E-state index in [1.807, 2.05) is 18.2 Å². The number of amides is 1. The first kappa shape index (κ1) is 14.5. The van der Waals surface area contributed by atoms with Crippen LogP contribution in [0.15, 0.2) is 24.3 Å². The maximum Gasteiger partial charge on any atom is 0.223 e. The van der Waals surface area contributed by atoms with Gasteiger partial charge in [-0.25, -0.2) is 0 Å². The van der Waals surface area contributed by atoms with Crippen molar-refractivity contribution in [2.75, 3.05) is 13.2 Å². The Morgan fingerprint density at radius 2 is 2.10 bits per heavy atom. The summed E-state index contributed by atoms with van der Waals surface area (Å²) in [4.78, 5) is 12.1. The lowest BCUT2D eigenvalue weighted by atomic mass is 9.95. The molecule has 4 nitrogen and oxygen atoms in total. The van der Waals surface area contributed by atoms with Crippen LogP contribution in [-0.4, -0.2) is 29.8 Å². The van der Waals surface area contributed by atoms with E-state index in [0.717, 1.165) is 37.7 Å². The highest BCUT2D eigenvalue weighted by Gasteiger charge is 2.32. The van der Waals surface area contributed by atoms with Crippen LogP contribution in [0, 0.1) is 0 Å². The van der Waals surface area contributed by atoms with E-state index >= 15 is 0 Å². The molecule has 1 fully saturated rings. The fraction of sp³-hybridized carbons (Fsp3) is 0.588. The molecule has 1 atom stereocenters. The predicted molar refractivity (Wildman–Crippen MR) is 79.9 cm³/mol. The van der Waals surface area contributed by atoms with E-state index in [1.54, 1.807) is 0 Å². The average molecular weight is 289 g/mol. The molecule has 2 N–H and O–H groups in total. The van der Waals surface area contributed by atoms with E-state index in [-0.39, 0.29) is 12.0 Å². The quantitative estimate of drug-likeness (QED) is 0.892. The van der Waals surface area contributed by atoms with E-state index in [9.17, 15) is 9.90 Å². The molecule has 2 aliphatic rings. The minimum absolute atomic E-state index is 0.0444. The second kappa shape index (κ2) is 6.16. The molecule has 1 aromatic rings. The van der Waals surface area contributed by atoms with Gasteiger partial charge in [-0.2, -0.15) is 0 Å². The Bertz CT molecular complexity index is 509. The number of carbonyl (C=O) groups excluding carboxylic acids is 1. The summed E-state index contributed by atoms with van der Waals surface area (Å²) in [6.07, 6.45) is 4.75. The van der Waals surface area contributed by atoms with Crippen LogP contribution in [0.25, 0.3) is 0 Å². The maximum absolute atomic E-state index is 12.1. The van der Waals surface area contributed by atoms with Gasteiger partial charge in [0, 0.05) is 6.54 Å². The van der Waals surface area contributed by atoms with Crippen molar-refractivity contribution < 1.29 is 14.6 Å². The third kappa shape index (κ3) is 3.44. The zero-order valence-electron chi connectivity index (χ0n) is 12.3. The Kier molecular flexibility index (Phi) is 4.27. The van der Waals surface area contributed by atoms with E-state index in [4.69, 9.17) is 4.74 Å². The van der Waals surface area contributed by atoms with Crippen LogP contribution in [-0.2, 0) is 16.0 Å². The molecule has 1 aliphatic carbocycles. The average Bonchev–Trinajstić information content (AvgIpc) is 2.93. The maximum atomic E-state index is 12.1. The van der Waals surface area contributed by atoms with Crippen molar-refractivity contribution in [1.82, 2.24) is 5.32 Å². The van der Waals surface area contributed by atoms with E-state index < -0.39 is 5.60 Å². The summed E-state index contributed by atoms with van der Waals surface area (Å²) in [6, 6.07) is 8.15. The summed E-state index contributed by atoms with van der Waals surface area (Å²) in [6.45, 7) is 1.03. The fourth-order valence-corrected chi connectivity index (χ4v) is 3.36. The van der Waals surface area contributed by atoms with Gasteiger partial charge in [0.05, 0.1) is 24.7 Å². The summed E-state index contributed by atoms with van der Waals surface area (Å²) in [5, 5.41) is 13.1. The SMILES string of the molecule is O=C(CC1OCCc2ccccc21)NCC1(O)CCCC1. The zero-order chi connectivity index (χ0) is 14.7. The van der Waals surface area contributed by atoms with Gasteiger partial charge in [-0.1, -0.05) is 37.1 Å². The molecule has 1 aliphatic heterocycles. The van der Waals surface area contributed by atoms with Crippen molar-refractivity contribution in [1.29, 1.82) is 0 Å². The molecule has 0 radical (unpaired) electrons. The number of fused-ring (bicyclic) bond motifs is 1. The van der Waals surface area contributed by atoms with Crippen LogP contribution in [0.5, 0.6) is 0 Å². The molecule has 0 aromatic heterocycles. The van der Waals surface area contributed by atoms with Gasteiger partial charge in [-0.3, -0.25) is 4.79 Å². The van der Waals surface area contributed by atoms with Gasteiger partial charge >= 0.3 is 0 Å². The molecule has 1 saturated carbocycles. The molecular weight excluding hydrogens is 266 g/mol. The van der Waals surface area contributed by atoms with E-state index in [1.165, 1.54) is 5.56 Å². The normalized spacial score (nSPS) is 23.6. The molecule has 0 spiro atoms. The van der Waals surface area contributed by atoms with Gasteiger partial charge in [0.1, 0.15) is 0 Å². The van der Waals surface area contributed by atoms with Crippen molar-refractivity contribution >= 4 is 5.91 Å². The number of carbonyl (C=O) groups is 1. The lowest BCUT2D eigenvalue weighted by molar-refractivity contribution is -0.125. The Hall–Kier alpha value is -1.39. The van der Waals surface area contributed by atoms with Crippen LogP contribution in [0.4, 0.5) is 0 Å². The minimum Gasteiger partial charge on any atom is -0.388 e. The number of rotatable bonds is 4. The minimum atomic E-state index is -0.693. The third-order valence-corrected chi connectivity index (χ3v) is 4.61. The van der Waals surface area contributed by atoms with Crippen molar-refractivity contribution in [3.8, 4) is 0 Å². The number of aliphatic hydroxyl groups is 1. The lowest BCUT2D eigenvalue weighted by Gasteiger charge is -2.27. The number of hydrogen-bond donors (Lipinski definition) is 2. The predicted octanol–water partition coefficient (Wildman–Crippen LogP) is 2.11. The third-order valence-electron chi connectivity index (χ3n) is 4.61. The zero-order valence-corrected chi connectivity index (χ0v) is 12.3. The van der Waals surface area contributed by atoms with E-state index in [2.05, 4.69) is 11.4 Å². The molecule has 21 heavy (non-hydrogen) atoms. The highest BCUT2D eigenvalue weighted by Crippen LogP contribution is 2.30. The second-order valence-corrected chi connectivity index (χ2v) is 6.22. The van der Waals surface area contributed by atoms with Gasteiger partial charge in [0.15, 0.2) is 0 Å². The lowest BCUT2D eigenvalue weighted by Crippen LogP contribution is -2.41. The largest absolute Gasteiger partial charge is 0.388 e. The second-order valence-electron chi connectivity index (χ2n) is 6.22. The smallest absolute Gasteiger partial charge is 0.223 e. The van der Waals surface area contributed by atoms with Crippen molar-refractivity contribution in [3.63, 3.8) is 0 Å². The molecule has 1 amide bonds. The number of benzene rings is 1. The van der Waals surface area contributed by atoms with Crippen LogP contribution in [0.1, 0.15) is 49.3 Å². The molecule has 1 aromatic carbocycles. The summed E-state index contributed by atoms with van der Waals surface area (Å²) in [5.41, 5.74) is 1.70. The number of hydrogen-bond acceptors (Lipinski definition) is 3. The first-order valence-corrected chi connectivity index (χ1v) is 7.85. The fourth-order valence-electron chi connectivity index (χ4n) is 3.36. The van der Waals surface area contributed by atoms with Crippen LogP contribution < -0.4 is 5.32 Å². The molecule has 3 rings (SSSR count). The first-order chi connectivity index (χ1) is 10.2. The van der Waals surface area contributed by atoms with Crippen molar-refractivity contribution in [2.45, 2.75) is 50.2 Å². The topological polar surface area (TPSA) is 58.6 Å². The molecule has 1 heterocycles. The monoisotopic (exact) mass is 289 g/mol. The molecule has 0 bridgehead atoms. The van der Waals surface area contributed by atoms with Crippen LogP contribution in [0.2, 0.25) is 0 Å². The van der Waals surface area contributed by atoms with Crippen LogP contribution in [0.3, 0.4) is 0 Å². The van der Waals surface area contributed by atoms with Gasteiger partial charge in [0.25, 0.3) is 0 Å². The van der Waals surface area contributed by atoms with Gasteiger partial charge in [0.2, 0.25) is 5.91 Å². The first-order valence-electron chi connectivity index (χ1n) is 7.85. The van der Waals surface area contributed by atoms with Gasteiger partial charge < -0.3 is 15.2 Å². The number of nitrogens with one attached hydrogen (secondary N) is 1. The Labute approximate surface area is 125 Å². The molecule has 1 unspecified atom stereocenters. The molecule has 4 heteroatoms. The van der Waals surface area contributed by atoms with Gasteiger partial charge in [-0.05, 0) is 30.4 Å². The standard InChI is InChI=1S/C17H23NO3/c19-16(18-12-17(20)8-3-4-9-17)11-15-14-6-2-1-5-13(14)7-10-21-15/h1-2,5-6,15,20H,3-4,7-12H2,(H,18,19). The molecule has 114 valence electrons. The van der Waals surface area contributed by atoms with E-state index in [0.29, 0.717) is 19.6 Å². The molecular formula is C17H23NO3. The Balaban J connectivity index is 1.56. The Morgan fingerprint density at radius 1 is 1.33 bits per heavy atom. The highest BCUT2D eigenvalue weighted by molar-refractivity contribution is 5.76. The summed E-state index contributed by atoms with van der Waals surface area (Å²) < 4.78 is 5.75.